The minimum absolute atomic E-state index is 0.00269. The highest BCUT2D eigenvalue weighted by Gasteiger charge is 2.35. The van der Waals surface area contributed by atoms with Gasteiger partial charge in [0.1, 0.15) is 5.82 Å². The van der Waals surface area contributed by atoms with Crippen LogP contribution in [0.2, 0.25) is 0 Å². The SMILES string of the molecule is Cc1cccc(C2=NN(C(=O)CN3CCN(c4ccccc4F)CC3)[C@H](c3cc(C)ccc3C)C2)c1. The van der Waals surface area contributed by atoms with Crippen molar-refractivity contribution in [2.24, 2.45) is 5.10 Å². The monoisotopic (exact) mass is 484 g/mol. The first-order valence-electron chi connectivity index (χ1n) is 12.6. The van der Waals surface area contributed by atoms with Crippen LogP contribution in [-0.2, 0) is 4.79 Å². The average molecular weight is 485 g/mol. The summed E-state index contributed by atoms with van der Waals surface area (Å²) in [6.07, 6.45) is 0.695. The summed E-state index contributed by atoms with van der Waals surface area (Å²) in [4.78, 5) is 17.9. The third-order valence-electron chi connectivity index (χ3n) is 7.24. The van der Waals surface area contributed by atoms with Gasteiger partial charge >= 0.3 is 0 Å². The van der Waals surface area contributed by atoms with E-state index in [0.29, 0.717) is 44.8 Å². The lowest BCUT2D eigenvalue weighted by Crippen LogP contribution is -2.49. The largest absolute Gasteiger partial charge is 0.367 e. The fraction of sp³-hybridized carbons (Fsp3) is 0.333. The maximum Gasteiger partial charge on any atom is 0.257 e. The molecule has 1 atom stereocenters. The highest BCUT2D eigenvalue weighted by atomic mass is 19.1. The van der Waals surface area contributed by atoms with E-state index in [1.54, 1.807) is 11.1 Å². The first-order valence-corrected chi connectivity index (χ1v) is 12.6. The standard InChI is InChI=1S/C30H33FN4O/c1-21-7-6-8-24(17-21)27-19-29(25-18-22(2)11-12-23(25)3)35(32-27)30(36)20-33-13-15-34(16-14-33)28-10-5-4-9-26(28)31/h4-12,17-18,29H,13-16,19-20H2,1-3H3/t29-/m0/s1. The van der Waals surface area contributed by atoms with Crippen LogP contribution in [0.25, 0.3) is 0 Å². The number of aryl methyl sites for hydroxylation is 3. The van der Waals surface area contributed by atoms with E-state index in [0.717, 1.165) is 16.8 Å². The van der Waals surface area contributed by atoms with Gasteiger partial charge in [0.25, 0.3) is 5.91 Å². The fourth-order valence-corrected chi connectivity index (χ4v) is 5.22. The van der Waals surface area contributed by atoms with Crippen molar-refractivity contribution in [1.29, 1.82) is 0 Å². The molecule has 0 bridgehead atoms. The van der Waals surface area contributed by atoms with Crippen LogP contribution in [-0.4, -0.2) is 54.3 Å². The number of rotatable bonds is 5. The summed E-state index contributed by atoms with van der Waals surface area (Å²) in [7, 11) is 0. The van der Waals surface area contributed by atoms with E-state index in [9.17, 15) is 9.18 Å². The van der Waals surface area contributed by atoms with Crippen LogP contribution in [0.5, 0.6) is 0 Å². The number of hydrogen-bond acceptors (Lipinski definition) is 4. The van der Waals surface area contributed by atoms with Crippen molar-refractivity contribution < 1.29 is 9.18 Å². The summed E-state index contributed by atoms with van der Waals surface area (Å²) < 4.78 is 14.2. The Bertz CT molecular complexity index is 1300. The molecule has 0 saturated carbocycles. The number of nitrogens with zero attached hydrogens (tertiary/aromatic N) is 4. The van der Waals surface area contributed by atoms with Crippen molar-refractivity contribution >= 4 is 17.3 Å². The highest BCUT2D eigenvalue weighted by molar-refractivity contribution is 6.03. The molecule has 3 aromatic rings. The molecule has 6 heteroatoms. The minimum atomic E-state index is -0.200. The maximum atomic E-state index is 14.2. The number of carbonyl (C=O) groups is 1. The predicted octanol–water partition coefficient (Wildman–Crippen LogP) is 5.25. The second-order valence-corrected chi connectivity index (χ2v) is 9.95. The Morgan fingerprint density at radius 2 is 1.67 bits per heavy atom. The number of anilines is 1. The first-order chi connectivity index (χ1) is 17.4. The van der Waals surface area contributed by atoms with Crippen molar-refractivity contribution in [3.63, 3.8) is 0 Å². The van der Waals surface area contributed by atoms with Gasteiger partial charge in [0, 0.05) is 32.6 Å². The highest BCUT2D eigenvalue weighted by Crippen LogP contribution is 2.35. The molecule has 0 spiro atoms. The average Bonchev–Trinajstić information content (AvgIpc) is 3.32. The zero-order chi connectivity index (χ0) is 25.2. The van der Waals surface area contributed by atoms with Gasteiger partial charge in [-0.05, 0) is 49.6 Å². The van der Waals surface area contributed by atoms with Gasteiger partial charge in [-0.1, -0.05) is 65.7 Å². The Labute approximate surface area is 212 Å². The molecule has 1 fully saturated rings. The van der Waals surface area contributed by atoms with Gasteiger partial charge < -0.3 is 4.90 Å². The number of hydrogen-bond donors (Lipinski definition) is 0. The quantitative estimate of drug-likeness (QED) is 0.497. The van der Waals surface area contributed by atoms with Gasteiger partial charge in [-0.25, -0.2) is 9.40 Å². The molecule has 0 N–H and O–H groups in total. The van der Waals surface area contributed by atoms with Crippen LogP contribution in [0.4, 0.5) is 10.1 Å². The summed E-state index contributed by atoms with van der Waals surface area (Å²) >= 11 is 0. The third kappa shape index (κ3) is 5.05. The Kier molecular flexibility index (Phi) is 6.88. The number of benzene rings is 3. The molecule has 0 aromatic heterocycles. The Morgan fingerprint density at radius 3 is 2.42 bits per heavy atom. The van der Waals surface area contributed by atoms with Crippen molar-refractivity contribution in [2.75, 3.05) is 37.6 Å². The van der Waals surface area contributed by atoms with Crippen molar-refractivity contribution in [2.45, 2.75) is 33.2 Å². The maximum absolute atomic E-state index is 14.2. The van der Waals surface area contributed by atoms with Gasteiger partial charge in [0.15, 0.2) is 0 Å². The number of hydrazone groups is 1. The molecular formula is C30H33FN4O. The minimum Gasteiger partial charge on any atom is -0.367 e. The smallest absolute Gasteiger partial charge is 0.257 e. The summed E-state index contributed by atoms with van der Waals surface area (Å²) in [5, 5.41) is 6.59. The molecule has 2 aliphatic heterocycles. The van der Waals surface area contributed by atoms with E-state index >= 15 is 0 Å². The summed E-state index contributed by atoms with van der Waals surface area (Å²) in [5.41, 5.74) is 7.32. The van der Waals surface area contributed by atoms with E-state index in [1.165, 1.54) is 22.8 Å². The molecule has 3 aromatic carbocycles. The van der Waals surface area contributed by atoms with Crippen molar-refractivity contribution in [1.82, 2.24) is 9.91 Å². The second-order valence-electron chi connectivity index (χ2n) is 9.95. The normalized spacial score (nSPS) is 18.4. The molecule has 5 rings (SSSR count). The lowest BCUT2D eigenvalue weighted by molar-refractivity contribution is -0.134. The van der Waals surface area contributed by atoms with Crippen molar-refractivity contribution in [3.8, 4) is 0 Å². The van der Waals surface area contributed by atoms with Crippen LogP contribution in [0.1, 0.15) is 40.3 Å². The predicted molar refractivity (Wildman–Crippen MR) is 143 cm³/mol. The van der Waals surface area contributed by atoms with Crippen molar-refractivity contribution in [3.05, 3.63) is 100 Å². The van der Waals surface area contributed by atoms with Gasteiger partial charge in [-0.3, -0.25) is 9.69 Å². The Hall–Kier alpha value is -3.51. The van der Waals surface area contributed by atoms with E-state index in [1.807, 2.05) is 18.2 Å². The second kappa shape index (κ2) is 10.2. The van der Waals surface area contributed by atoms with Gasteiger partial charge in [-0.15, -0.1) is 0 Å². The van der Waals surface area contributed by atoms with Crippen LogP contribution in [0.3, 0.4) is 0 Å². The lowest BCUT2D eigenvalue weighted by Gasteiger charge is -2.36. The lowest BCUT2D eigenvalue weighted by atomic mass is 9.93. The first kappa shape index (κ1) is 24.2. The molecule has 2 aliphatic rings. The molecule has 0 aliphatic carbocycles. The van der Waals surface area contributed by atoms with E-state index in [-0.39, 0.29) is 17.8 Å². The van der Waals surface area contributed by atoms with Crippen LogP contribution in [0.15, 0.2) is 71.8 Å². The fourth-order valence-electron chi connectivity index (χ4n) is 5.22. The number of carbonyl (C=O) groups excluding carboxylic acids is 1. The Balaban J connectivity index is 1.34. The molecule has 5 nitrogen and oxygen atoms in total. The third-order valence-corrected chi connectivity index (χ3v) is 7.24. The number of para-hydroxylation sites is 1. The summed E-state index contributed by atoms with van der Waals surface area (Å²) in [5.74, 6) is -0.198. The number of amides is 1. The number of halogens is 1. The zero-order valence-electron chi connectivity index (χ0n) is 21.2. The summed E-state index contributed by atoms with van der Waals surface area (Å²) in [6, 6.07) is 21.5. The zero-order valence-corrected chi connectivity index (χ0v) is 21.2. The molecule has 186 valence electrons. The van der Waals surface area contributed by atoms with E-state index in [4.69, 9.17) is 5.10 Å². The van der Waals surface area contributed by atoms with Gasteiger partial charge in [-0.2, -0.15) is 5.10 Å². The van der Waals surface area contributed by atoms with Crippen LogP contribution in [0, 0.1) is 26.6 Å². The van der Waals surface area contributed by atoms with Crippen LogP contribution < -0.4 is 4.90 Å². The molecule has 0 radical (unpaired) electrons. The topological polar surface area (TPSA) is 39.2 Å². The van der Waals surface area contributed by atoms with Gasteiger partial charge in [0.2, 0.25) is 0 Å². The van der Waals surface area contributed by atoms with Crippen LogP contribution >= 0.6 is 0 Å². The molecule has 1 saturated heterocycles. The van der Waals surface area contributed by atoms with E-state index < -0.39 is 0 Å². The molecule has 0 unspecified atom stereocenters. The Morgan fingerprint density at radius 1 is 0.917 bits per heavy atom. The van der Waals surface area contributed by atoms with Gasteiger partial charge in [0.05, 0.1) is 24.0 Å². The molecule has 1 amide bonds. The number of piperazine rings is 1. The molecule has 36 heavy (non-hydrogen) atoms. The molecular weight excluding hydrogens is 451 g/mol. The molecule has 2 heterocycles. The van der Waals surface area contributed by atoms with E-state index in [2.05, 4.69) is 67.0 Å². The summed E-state index contributed by atoms with van der Waals surface area (Å²) in [6.45, 7) is 9.35.